The van der Waals surface area contributed by atoms with Crippen LogP contribution in [0.2, 0.25) is 0 Å². The van der Waals surface area contributed by atoms with E-state index in [9.17, 15) is 4.79 Å². The number of carbonyl (C=O) groups is 1. The minimum absolute atomic E-state index is 0.000398. The van der Waals surface area contributed by atoms with Gasteiger partial charge in [-0.3, -0.25) is 9.69 Å². The van der Waals surface area contributed by atoms with E-state index in [4.69, 9.17) is 0 Å². The van der Waals surface area contributed by atoms with Crippen LogP contribution in [0.3, 0.4) is 0 Å². The van der Waals surface area contributed by atoms with Crippen LogP contribution >= 0.6 is 0 Å². The van der Waals surface area contributed by atoms with Crippen molar-refractivity contribution in [3.8, 4) is 0 Å². The number of piperidine rings is 1. The standard InChI is InChI=1S/C18H31N5O/c1-14(21-10-6-4-5-7-11-21)18(24)22-12-8-9-17(13-22)23-16(3)19-15(2)20-23/h14,17H,4-13H2,1-3H3/t14-,17-/m0/s1. The molecule has 0 radical (unpaired) electrons. The van der Waals surface area contributed by atoms with Crippen molar-refractivity contribution in [2.24, 2.45) is 0 Å². The average molecular weight is 333 g/mol. The molecule has 24 heavy (non-hydrogen) atoms. The van der Waals surface area contributed by atoms with Crippen molar-refractivity contribution in [3.05, 3.63) is 11.6 Å². The average Bonchev–Trinajstić information content (AvgIpc) is 2.80. The number of likely N-dealkylation sites (tertiary alicyclic amines) is 2. The summed E-state index contributed by atoms with van der Waals surface area (Å²) < 4.78 is 2.02. The first-order valence-corrected chi connectivity index (χ1v) is 9.49. The van der Waals surface area contributed by atoms with Gasteiger partial charge in [-0.15, -0.1) is 0 Å². The molecule has 0 bridgehead atoms. The highest BCUT2D eigenvalue weighted by Crippen LogP contribution is 2.23. The molecule has 2 aliphatic heterocycles. The van der Waals surface area contributed by atoms with Crippen molar-refractivity contribution in [2.75, 3.05) is 26.2 Å². The fourth-order valence-corrected chi connectivity index (χ4v) is 4.14. The van der Waals surface area contributed by atoms with E-state index in [0.29, 0.717) is 0 Å². The number of aryl methyl sites for hydroxylation is 2. The third-order valence-corrected chi connectivity index (χ3v) is 5.51. The smallest absolute Gasteiger partial charge is 0.239 e. The van der Waals surface area contributed by atoms with Gasteiger partial charge in [0.15, 0.2) is 0 Å². The van der Waals surface area contributed by atoms with E-state index in [1.807, 2.05) is 18.5 Å². The molecule has 0 unspecified atom stereocenters. The first kappa shape index (κ1) is 17.4. The van der Waals surface area contributed by atoms with Crippen molar-refractivity contribution < 1.29 is 4.79 Å². The molecule has 0 aromatic carbocycles. The maximum atomic E-state index is 13.0. The normalized spacial score (nSPS) is 24.6. The Morgan fingerprint density at radius 2 is 1.79 bits per heavy atom. The summed E-state index contributed by atoms with van der Waals surface area (Å²) in [5.74, 6) is 2.05. The Morgan fingerprint density at radius 1 is 1.08 bits per heavy atom. The van der Waals surface area contributed by atoms with Gasteiger partial charge in [0.2, 0.25) is 5.91 Å². The monoisotopic (exact) mass is 333 g/mol. The Bertz CT molecular complexity index is 562. The number of rotatable bonds is 3. The van der Waals surface area contributed by atoms with E-state index >= 15 is 0 Å². The van der Waals surface area contributed by atoms with Crippen LogP contribution < -0.4 is 0 Å². The molecule has 3 rings (SSSR count). The highest BCUT2D eigenvalue weighted by atomic mass is 16.2. The van der Waals surface area contributed by atoms with E-state index in [0.717, 1.165) is 50.7 Å². The topological polar surface area (TPSA) is 54.3 Å². The summed E-state index contributed by atoms with van der Waals surface area (Å²) in [6, 6.07) is 0.265. The third kappa shape index (κ3) is 3.79. The van der Waals surface area contributed by atoms with Crippen molar-refractivity contribution in [2.45, 2.75) is 71.4 Å². The molecule has 0 spiro atoms. The zero-order valence-corrected chi connectivity index (χ0v) is 15.4. The molecule has 1 aromatic heterocycles. The Balaban J connectivity index is 1.65. The molecule has 1 aromatic rings. The van der Waals surface area contributed by atoms with Crippen LogP contribution in [0, 0.1) is 13.8 Å². The first-order chi connectivity index (χ1) is 11.6. The minimum atomic E-state index is 0.000398. The van der Waals surface area contributed by atoms with Gasteiger partial charge in [-0.2, -0.15) is 5.10 Å². The number of hydrogen-bond donors (Lipinski definition) is 0. The van der Waals surface area contributed by atoms with E-state index < -0.39 is 0 Å². The highest BCUT2D eigenvalue weighted by molar-refractivity contribution is 5.81. The summed E-state index contributed by atoms with van der Waals surface area (Å²) in [6.45, 7) is 9.78. The lowest BCUT2D eigenvalue weighted by Gasteiger charge is -2.37. The molecule has 0 aliphatic carbocycles. The maximum Gasteiger partial charge on any atom is 0.239 e. The number of carbonyl (C=O) groups excluding carboxylic acids is 1. The number of nitrogens with zero attached hydrogens (tertiary/aromatic N) is 5. The van der Waals surface area contributed by atoms with Crippen LogP contribution in [0.5, 0.6) is 0 Å². The largest absolute Gasteiger partial charge is 0.339 e. The van der Waals surface area contributed by atoms with E-state index in [1.165, 1.54) is 25.7 Å². The maximum absolute atomic E-state index is 13.0. The molecule has 2 saturated heterocycles. The predicted molar refractivity (Wildman–Crippen MR) is 93.9 cm³/mol. The Kier molecular flexibility index (Phi) is 5.54. The molecule has 0 saturated carbocycles. The van der Waals surface area contributed by atoms with Crippen molar-refractivity contribution >= 4 is 5.91 Å². The molecule has 1 amide bonds. The first-order valence-electron chi connectivity index (χ1n) is 9.49. The molecule has 0 N–H and O–H groups in total. The minimum Gasteiger partial charge on any atom is -0.339 e. The molecule has 3 heterocycles. The third-order valence-electron chi connectivity index (χ3n) is 5.51. The van der Waals surface area contributed by atoms with Gasteiger partial charge in [0.25, 0.3) is 0 Å². The van der Waals surface area contributed by atoms with Crippen molar-refractivity contribution in [1.82, 2.24) is 24.6 Å². The van der Waals surface area contributed by atoms with Crippen LogP contribution in [0.25, 0.3) is 0 Å². The van der Waals surface area contributed by atoms with Gasteiger partial charge in [-0.05, 0) is 59.5 Å². The number of hydrogen-bond acceptors (Lipinski definition) is 4. The summed E-state index contributed by atoms with van der Waals surface area (Å²) in [4.78, 5) is 21.9. The quantitative estimate of drug-likeness (QED) is 0.852. The summed E-state index contributed by atoms with van der Waals surface area (Å²) in [5, 5.41) is 4.53. The predicted octanol–water partition coefficient (Wildman–Crippen LogP) is 2.32. The number of aromatic nitrogens is 3. The second-order valence-corrected chi connectivity index (χ2v) is 7.36. The lowest BCUT2D eigenvalue weighted by atomic mass is 10.0. The van der Waals surface area contributed by atoms with Gasteiger partial charge in [-0.25, -0.2) is 9.67 Å². The molecule has 134 valence electrons. The van der Waals surface area contributed by atoms with E-state index in [-0.39, 0.29) is 18.0 Å². The van der Waals surface area contributed by atoms with Crippen LogP contribution in [-0.2, 0) is 4.79 Å². The van der Waals surface area contributed by atoms with Gasteiger partial charge in [0.1, 0.15) is 11.6 Å². The Labute approximate surface area is 145 Å². The second kappa shape index (κ2) is 7.64. The van der Waals surface area contributed by atoms with E-state index in [2.05, 4.69) is 26.8 Å². The molecule has 2 atom stereocenters. The zero-order valence-electron chi connectivity index (χ0n) is 15.4. The molecule has 2 fully saturated rings. The van der Waals surface area contributed by atoms with Gasteiger partial charge in [0.05, 0.1) is 12.1 Å². The molecular formula is C18H31N5O. The molecule has 2 aliphatic rings. The van der Waals surface area contributed by atoms with Gasteiger partial charge in [0, 0.05) is 13.1 Å². The summed E-state index contributed by atoms with van der Waals surface area (Å²) in [6.07, 6.45) is 7.16. The van der Waals surface area contributed by atoms with Crippen molar-refractivity contribution in [3.63, 3.8) is 0 Å². The van der Waals surface area contributed by atoms with Gasteiger partial charge in [-0.1, -0.05) is 12.8 Å². The Morgan fingerprint density at radius 3 is 2.42 bits per heavy atom. The lowest BCUT2D eigenvalue weighted by molar-refractivity contribution is -0.138. The highest BCUT2D eigenvalue weighted by Gasteiger charge is 2.31. The summed E-state index contributed by atoms with van der Waals surface area (Å²) in [5.41, 5.74) is 0. The SMILES string of the molecule is Cc1nc(C)n([C@H]2CCCN(C(=O)[C@H](C)N3CCCCCC3)C2)n1. The molecule has 6 heteroatoms. The van der Waals surface area contributed by atoms with Crippen molar-refractivity contribution in [1.29, 1.82) is 0 Å². The van der Waals surface area contributed by atoms with Gasteiger partial charge < -0.3 is 4.90 Å². The fourth-order valence-electron chi connectivity index (χ4n) is 4.14. The zero-order chi connectivity index (χ0) is 17.1. The number of amides is 1. The van der Waals surface area contributed by atoms with Crippen LogP contribution in [-0.4, -0.2) is 62.7 Å². The molecule has 6 nitrogen and oxygen atoms in total. The fraction of sp³-hybridized carbons (Fsp3) is 0.833. The summed E-state index contributed by atoms with van der Waals surface area (Å²) >= 11 is 0. The Hall–Kier alpha value is -1.43. The van der Waals surface area contributed by atoms with E-state index in [1.54, 1.807) is 0 Å². The van der Waals surface area contributed by atoms with Crippen LogP contribution in [0.4, 0.5) is 0 Å². The summed E-state index contributed by atoms with van der Waals surface area (Å²) in [7, 11) is 0. The van der Waals surface area contributed by atoms with Crippen LogP contribution in [0.1, 0.15) is 63.1 Å². The lowest BCUT2D eigenvalue weighted by Crippen LogP contribution is -2.50. The second-order valence-electron chi connectivity index (χ2n) is 7.36. The van der Waals surface area contributed by atoms with Crippen LogP contribution in [0.15, 0.2) is 0 Å². The van der Waals surface area contributed by atoms with Gasteiger partial charge >= 0.3 is 0 Å². The molecular weight excluding hydrogens is 302 g/mol.